The number of ether oxygens (including phenoxy) is 3. The van der Waals surface area contributed by atoms with Crippen LogP contribution in [-0.4, -0.2) is 41.7 Å². The van der Waals surface area contributed by atoms with Gasteiger partial charge in [-0.25, -0.2) is 8.42 Å². The van der Waals surface area contributed by atoms with E-state index >= 15 is 0 Å². The molecule has 1 atom stereocenters. The first-order valence-electron chi connectivity index (χ1n) is 11.9. The van der Waals surface area contributed by atoms with Crippen molar-refractivity contribution < 1.29 is 27.4 Å². The lowest BCUT2D eigenvalue weighted by molar-refractivity contribution is -0.122. The predicted molar refractivity (Wildman–Crippen MR) is 143 cm³/mol. The average molecular weight is 527 g/mol. The maximum absolute atomic E-state index is 13.5. The van der Waals surface area contributed by atoms with Gasteiger partial charge in [0.2, 0.25) is 15.9 Å². The summed E-state index contributed by atoms with van der Waals surface area (Å²) in [5.41, 5.74) is 2.44. The molecule has 198 valence electrons. The molecule has 0 aliphatic heterocycles. The van der Waals surface area contributed by atoms with Crippen molar-refractivity contribution in [2.24, 2.45) is 0 Å². The maximum atomic E-state index is 13.5. The molecule has 2 N–H and O–H groups in total. The number of benzene rings is 3. The monoisotopic (exact) mass is 526 g/mol. The van der Waals surface area contributed by atoms with E-state index in [4.69, 9.17) is 14.2 Å². The smallest absolute Gasteiger partial charge is 0.245 e. The van der Waals surface area contributed by atoms with E-state index in [0.717, 1.165) is 16.7 Å². The summed E-state index contributed by atoms with van der Waals surface area (Å²) in [5, 5.41) is 2.85. The van der Waals surface area contributed by atoms with E-state index in [2.05, 4.69) is 10.0 Å². The van der Waals surface area contributed by atoms with Crippen molar-refractivity contribution in [3.63, 3.8) is 0 Å². The molecule has 37 heavy (non-hydrogen) atoms. The van der Waals surface area contributed by atoms with Crippen LogP contribution >= 0.6 is 0 Å². The third-order valence-corrected chi connectivity index (χ3v) is 7.45. The highest BCUT2D eigenvalue weighted by Crippen LogP contribution is 2.29. The summed E-state index contributed by atoms with van der Waals surface area (Å²) < 4.78 is 45.6. The lowest BCUT2D eigenvalue weighted by atomic mass is 10.0. The predicted octanol–water partition coefficient (Wildman–Crippen LogP) is 4.04. The van der Waals surface area contributed by atoms with Crippen molar-refractivity contribution in [3.8, 4) is 17.2 Å². The Kier molecular flexibility index (Phi) is 9.54. The van der Waals surface area contributed by atoms with Gasteiger partial charge in [0, 0.05) is 6.54 Å². The number of amides is 1. The van der Waals surface area contributed by atoms with Crippen LogP contribution in [0.4, 0.5) is 0 Å². The molecule has 0 saturated carbocycles. The molecule has 0 fully saturated rings. The lowest BCUT2D eigenvalue weighted by Gasteiger charge is -2.20. The number of hydrogen-bond acceptors (Lipinski definition) is 6. The summed E-state index contributed by atoms with van der Waals surface area (Å²) in [4.78, 5) is 13.3. The molecule has 0 aromatic heterocycles. The van der Waals surface area contributed by atoms with Gasteiger partial charge >= 0.3 is 0 Å². The van der Waals surface area contributed by atoms with Crippen molar-refractivity contribution in [1.82, 2.24) is 10.0 Å². The molecule has 3 rings (SSSR count). The molecule has 3 aromatic carbocycles. The molecule has 1 unspecified atom stereocenters. The van der Waals surface area contributed by atoms with Crippen LogP contribution in [0.15, 0.2) is 71.6 Å². The highest BCUT2D eigenvalue weighted by Gasteiger charge is 2.28. The summed E-state index contributed by atoms with van der Waals surface area (Å²) in [6, 6.07) is 18.6. The highest BCUT2D eigenvalue weighted by molar-refractivity contribution is 7.89. The minimum Gasteiger partial charge on any atom is -0.495 e. The summed E-state index contributed by atoms with van der Waals surface area (Å²) in [6.07, 6.45) is 0.171. The van der Waals surface area contributed by atoms with Gasteiger partial charge in [-0.3, -0.25) is 4.79 Å². The fourth-order valence-corrected chi connectivity index (χ4v) is 5.25. The lowest BCUT2D eigenvalue weighted by Crippen LogP contribution is -2.47. The van der Waals surface area contributed by atoms with Crippen molar-refractivity contribution in [1.29, 1.82) is 0 Å². The largest absolute Gasteiger partial charge is 0.495 e. The van der Waals surface area contributed by atoms with E-state index in [1.54, 1.807) is 37.4 Å². The standard InChI is InChI=1S/C28H34N2O6S/c1-19(2)22-12-14-25(35-4)27(17-22)37(32,33)30-23(15-20-9-7-6-8-10-20)28(31)29-18-21-11-13-24(34-3)26(16-21)36-5/h6-14,16-17,19,23,30H,15,18H2,1-5H3,(H,29,31). The Morgan fingerprint density at radius 2 is 1.46 bits per heavy atom. The molecular formula is C28H34N2O6S. The van der Waals surface area contributed by atoms with Gasteiger partial charge < -0.3 is 19.5 Å². The molecule has 1 amide bonds. The molecule has 0 heterocycles. The van der Waals surface area contributed by atoms with Crippen molar-refractivity contribution in [2.45, 2.75) is 43.7 Å². The third kappa shape index (κ3) is 7.24. The second-order valence-corrected chi connectivity index (χ2v) is 10.5. The third-order valence-electron chi connectivity index (χ3n) is 5.96. The Morgan fingerprint density at radius 3 is 2.08 bits per heavy atom. The molecule has 0 spiro atoms. The van der Waals surface area contributed by atoms with Crippen LogP contribution in [-0.2, 0) is 27.8 Å². The van der Waals surface area contributed by atoms with Crippen LogP contribution in [0.5, 0.6) is 17.2 Å². The fourth-order valence-electron chi connectivity index (χ4n) is 3.85. The van der Waals surface area contributed by atoms with Gasteiger partial charge in [0.05, 0.1) is 21.3 Å². The maximum Gasteiger partial charge on any atom is 0.245 e. The minimum absolute atomic E-state index is 0.00745. The van der Waals surface area contributed by atoms with E-state index in [1.807, 2.05) is 50.2 Å². The number of carbonyl (C=O) groups is 1. The van der Waals surface area contributed by atoms with E-state index in [9.17, 15) is 13.2 Å². The van der Waals surface area contributed by atoms with E-state index in [0.29, 0.717) is 11.5 Å². The molecule has 0 saturated heterocycles. The molecule has 0 radical (unpaired) electrons. The minimum atomic E-state index is -4.10. The second-order valence-electron chi connectivity index (χ2n) is 8.84. The van der Waals surface area contributed by atoms with Gasteiger partial charge in [0.1, 0.15) is 16.7 Å². The van der Waals surface area contributed by atoms with Gasteiger partial charge in [-0.1, -0.05) is 56.3 Å². The fraction of sp³-hybridized carbons (Fsp3) is 0.321. The summed E-state index contributed by atoms with van der Waals surface area (Å²) in [6.45, 7) is 4.13. The topological polar surface area (TPSA) is 103 Å². The Morgan fingerprint density at radius 1 is 0.811 bits per heavy atom. The van der Waals surface area contributed by atoms with Crippen molar-refractivity contribution in [2.75, 3.05) is 21.3 Å². The zero-order valence-electron chi connectivity index (χ0n) is 21.8. The Labute approximate surface area is 219 Å². The van der Waals surface area contributed by atoms with Crippen LogP contribution in [0.2, 0.25) is 0 Å². The summed E-state index contributed by atoms with van der Waals surface area (Å²) >= 11 is 0. The molecule has 0 aliphatic carbocycles. The first kappa shape index (κ1) is 28.0. The molecule has 0 bridgehead atoms. The zero-order valence-corrected chi connectivity index (χ0v) is 22.6. The first-order valence-corrected chi connectivity index (χ1v) is 13.4. The normalized spacial score (nSPS) is 12.2. The van der Waals surface area contributed by atoms with Crippen LogP contribution in [0.1, 0.15) is 36.5 Å². The second kappa shape index (κ2) is 12.6. The Balaban J connectivity index is 1.87. The van der Waals surface area contributed by atoms with Crippen LogP contribution in [0, 0.1) is 0 Å². The number of carbonyl (C=O) groups excluding carboxylic acids is 1. The van der Waals surface area contributed by atoms with Crippen molar-refractivity contribution in [3.05, 3.63) is 83.4 Å². The molecular weight excluding hydrogens is 492 g/mol. The Bertz CT molecular complexity index is 1310. The van der Waals surface area contributed by atoms with Gasteiger partial charge in [-0.05, 0) is 53.3 Å². The van der Waals surface area contributed by atoms with Gasteiger partial charge in [-0.2, -0.15) is 4.72 Å². The van der Waals surface area contributed by atoms with Gasteiger partial charge in [0.25, 0.3) is 0 Å². The summed E-state index contributed by atoms with van der Waals surface area (Å²) in [5.74, 6) is 0.977. The highest BCUT2D eigenvalue weighted by atomic mass is 32.2. The van der Waals surface area contributed by atoms with Gasteiger partial charge in [0.15, 0.2) is 11.5 Å². The SMILES string of the molecule is COc1ccc(CNC(=O)C(Cc2ccccc2)NS(=O)(=O)c2cc(C(C)C)ccc2OC)cc1OC. The quantitative estimate of drug-likeness (QED) is 0.369. The van der Waals surface area contributed by atoms with Crippen LogP contribution in [0.3, 0.4) is 0 Å². The number of rotatable bonds is 12. The summed E-state index contributed by atoms with van der Waals surface area (Å²) in [7, 11) is 0.401. The number of nitrogens with one attached hydrogen (secondary N) is 2. The number of sulfonamides is 1. The zero-order chi connectivity index (χ0) is 27.0. The average Bonchev–Trinajstić information content (AvgIpc) is 2.91. The molecule has 3 aromatic rings. The van der Waals surface area contributed by atoms with Crippen LogP contribution in [0.25, 0.3) is 0 Å². The molecule has 9 heteroatoms. The first-order chi connectivity index (χ1) is 17.7. The Hall–Kier alpha value is -3.56. The molecule has 0 aliphatic rings. The van der Waals surface area contributed by atoms with Crippen molar-refractivity contribution >= 4 is 15.9 Å². The molecule has 8 nitrogen and oxygen atoms in total. The van der Waals surface area contributed by atoms with E-state index in [-0.39, 0.29) is 29.5 Å². The van der Waals surface area contributed by atoms with Gasteiger partial charge in [-0.15, -0.1) is 0 Å². The van der Waals surface area contributed by atoms with E-state index < -0.39 is 22.0 Å². The number of hydrogen-bond donors (Lipinski definition) is 2. The van der Waals surface area contributed by atoms with Crippen LogP contribution < -0.4 is 24.2 Å². The number of methoxy groups -OCH3 is 3. The van der Waals surface area contributed by atoms with E-state index in [1.165, 1.54) is 14.2 Å².